The third kappa shape index (κ3) is 2.36. The molecule has 1 saturated heterocycles. The quantitative estimate of drug-likeness (QED) is 0.625. The molecule has 2 rings (SSSR count). The second-order valence-corrected chi connectivity index (χ2v) is 7.37. The first-order valence-corrected chi connectivity index (χ1v) is 8.00. The predicted molar refractivity (Wildman–Crippen MR) is 67.1 cm³/mol. The van der Waals surface area contributed by atoms with E-state index in [2.05, 4.69) is 20.9 Å². The van der Waals surface area contributed by atoms with Crippen molar-refractivity contribution in [2.45, 2.75) is 23.2 Å². The maximum atomic E-state index is 12.3. The molecule has 0 spiro atoms. The van der Waals surface area contributed by atoms with Gasteiger partial charge >= 0.3 is 0 Å². The zero-order valence-corrected chi connectivity index (χ0v) is 11.9. The van der Waals surface area contributed by atoms with Gasteiger partial charge in [-0.05, 0) is 40.2 Å². The van der Waals surface area contributed by atoms with Gasteiger partial charge in [-0.25, -0.2) is 13.2 Å². The standard InChI is InChI=1S/C9H9BrN2O3S2/c10-7-3-5-16-9(7)17(14,15)12-4-1-2-8(12)11-6-13/h3,5,8H,1-2,4H2. The minimum absolute atomic E-state index is 0.255. The number of sulfonamides is 1. The maximum absolute atomic E-state index is 12.3. The van der Waals surface area contributed by atoms with E-state index in [4.69, 9.17) is 0 Å². The van der Waals surface area contributed by atoms with Crippen LogP contribution >= 0.6 is 27.3 Å². The van der Waals surface area contributed by atoms with Crippen LogP contribution in [-0.2, 0) is 14.8 Å². The van der Waals surface area contributed by atoms with E-state index in [9.17, 15) is 13.2 Å². The molecule has 1 aliphatic rings. The average Bonchev–Trinajstić information content (AvgIpc) is 2.87. The summed E-state index contributed by atoms with van der Waals surface area (Å²) >= 11 is 4.35. The Labute approximate surface area is 111 Å². The summed E-state index contributed by atoms with van der Waals surface area (Å²) in [5.41, 5.74) is 0. The van der Waals surface area contributed by atoms with Gasteiger partial charge in [-0.2, -0.15) is 9.30 Å². The van der Waals surface area contributed by atoms with E-state index >= 15 is 0 Å². The lowest BCUT2D eigenvalue weighted by molar-refractivity contribution is 0.396. The molecule has 8 heteroatoms. The van der Waals surface area contributed by atoms with Crippen molar-refractivity contribution in [3.8, 4) is 0 Å². The molecule has 0 amide bonds. The van der Waals surface area contributed by atoms with E-state index < -0.39 is 16.2 Å². The van der Waals surface area contributed by atoms with Crippen molar-refractivity contribution >= 4 is 43.4 Å². The highest BCUT2D eigenvalue weighted by Gasteiger charge is 2.36. The Morgan fingerprint density at radius 3 is 2.94 bits per heavy atom. The summed E-state index contributed by atoms with van der Waals surface area (Å²) in [7, 11) is -3.57. The largest absolute Gasteiger partial charge is 0.255 e. The summed E-state index contributed by atoms with van der Waals surface area (Å²) in [5.74, 6) is 0. The zero-order chi connectivity index (χ0) is 12.5. The molecule has 92 valence electrons. The van der Waals surface area contributed by atoms with Crippen LogP contribution in [0.25, 0.3) is 0 Å². The molecule has 0 aromatic carbocycles. The SMILES string of the molecule is O=C=NC1CCCN1S(=O)(=O)c1sccc1Br. The fourth-order valence-corrected chi connectivity index (χ4v) is 5.78. The summed E-state index contributed by atoms with van der Waals surface area (Å²) in [6, 6.07) is 1.69. The molecule has 1 unspecified atom stereocenters. The van der Waals surface area contributed by atoms with E-state index in [0.717, 1.165) is 11.3 Å². The zero-order valence-electron chi connectivity index (χ0n) is 8.67. The Morgan fingerprint density at radius 1 is 1.59 bits per heavy atom. The molecule has 1 aliphatic heterocycles. The van der Waals surface area contributed by atoms with Crippen molar-refractivity contribution in [1.82, 2.24) is 4.31 Å². The third-order valence-corrected chi connectivity index (χ3v) is 7.05. The first kappa shape index (κ1) is 12.9. The van der Waals surface area contributed by atoms with Crippen LogP contribution in [0.4, 0.5) is 0 Å². The highest BCUT2D eigenvalue weighted by molar-refractivity contribution is 9.10. The van der Waals surface area contributed by atoms with E-state index in [0.29, 0.717) is 23.9 Å². The van der Waals surface area contributed by atoms with Crippen LogP contribution in [0.2, 0.25) is 0 Å². The number of thiophene rings is 1. The number of hydrogen-bond donors (Lipinski definition) is 0. The fourth-order valence-electron chi connectivity index (χ4n) is 1.76. The second-order valence-electron chi connectivity index (χ2n) is 3.51. The molecule has 0 N–H and O–H groups in total. The molecule has 1 fully saturated rings. The van der Waals surface area contributed by atoms with E-state index in [1.165, 1.54) is 10.4 Å². The molecule has 1 atom stereocenters. The summed E-state index contributed by atoms with van der Waals surface area (Å²) in [6.07, 6.45) is 2.10. The first-order chi connectivity index (χ1) is 8.07. The Bertz CT molecular complexity index is 563. The van der Waals surface area contributed by atoms with Gasteiger partial charge in [0.05, 0.1) is 0 Å². The fraction of sp³-hybridized carbons (Fsp3) is 0.444. The van der Waals surface area contributed by atoms with E-state index in [1.54, 1.807) is 11.4 Å². The summed E-state index contributed by atoms with van der Waals surface area (Å²) in [6.45, 7) is 0.391. The van der Waals surface area contributed by atoms with Gasteiger partial charge < -0.3 is 0 Å². The van der Waals surface area contributed by atoms with Gasteiger partial charge in [-0.3, -0.25) is 0 Å². The molecular weight excluding hydrogens is 328 g/mol. The van der Waals surface area contributed by atoms with Gasteiger partial charge in [0.2, 0.25) is 6.08 Å². The topological polar surface area (TPSA) is 66.8 Å². The molecule has 1 aromatic heterocycles. The highest BCUT2D eigenvalue weighted by Crippen LogP contribution is 2.34. The number of halogens is 1. The second kappa shape index (κ2) is 4.99. The maximum Gasteiger partial charge on any atom is 0.255 e. The minimum Gasteiger partial charge on any atom is -0.211 e. The van der Waals surface area contributed by atoms with Crippen LogP contribution in [0.5, 0.6) is 0 Å². The van der Waals surface area contributed by atoms with Gasteiger partial charge in [-0.15, -0.1) is 11.3 Å². The van der Waals surface area contributed by atoms with Crippen molar-refractivity contribution in [3.05, 3.63) is 15.9 Å². The highest BCUT2D eigenvalue weighted by atomic mass is 79.9. The predicted octanol–water partition coefficient (Wildman–Crippen LogP) is 1.96. The lowest BCUT2D eigenvalue weighted by Gasteiger charge is -2.19. The lowest BCUT2D eigenvalue weighted by Crippen LogP contribution is -2.34. The first-order valence-electron chi connectivity index (χ1n) is 4.89. The Kier molecular flexibility index (Phi) is 3.79. The van der Waals surface area contributed by atoms with Gasteiger partial charge in [0.15, 0.2) is 0 Å². The monoisotopic (exact) mass is 336 g/mol. The van der Waals surface area contributed by atoms with Gasteiger partial charge in [0.25, 0.3) is 10.0 Å². The van der Waals surface area contributed by atoms with Gasteiger partial charge in [-0.1, -0.05) is 0 Å². The molecule has 1 aromatic rings. The molecule has 5 nitrogen and oxygen atoms in total. The number of isocyanates is 1. The Hall–Kier alpha value is -0.530. The number of nitrogens with zero attached hydrogens (tertiary/aromatic N) is 2. The molecule has 17 heavy (non-hydrogen) atoms. The van der Waals surface area contributed by atoms with Crippen LogP contribution in [0, 0.1) is 0 Å². The van der Waals surface area contributed by atoms with Gasteiger partial charge in [0.1, 0.15) is 10.4 Å². The van der Waals surface area contributed by atoms with Crippen molar-refractivity contribution in [1.29, 1.82) is 0 Å². The van der Waals surface area contributed by atoms with Crippen LogP contribution < -0.4 is 0 Å². The summed E-state index contributed by atoms with van der Waals surface area (Å²) in [4.78, 5) is 13.8. The normalized spacial score (nSPS) is 21.4. The number of aliphatic imine (C=N–C) groups is 1. The molecular formula is C9H9BrN2O3S2. The van der Waals surface area contributed by atoms with Crippen LogP contribution in [-0.4, -0.2) is 31.5 Å². The van der Waals surface area contributed by atoms with Crippen molar-refractivity contribution in [3.63, 3.8) is 0 Å². The summed E-state index contributed by atoms with van der Waals surface area (Å²) in [5, 5.41) is 1.70. The molecule has 0 saturated carbocycles. The Morgan fingerprint density at radius 2 is 2.35 bits per heavy atom. The number of rotatable bonds is 3. The molecule has 2 heterocycles. The van der Waals surface area contributed by atoms with Crippen molar-refractivity contribution in [2.24, 2.45) is 4.99 Å². The van der Waals surface area contributed by atoms with Crippen molar-refractivity contribution < 1.29 is 13.2 Å². The van der Waals surface area contributed by atoms with Gasteiger partial charge in [0, 0.05) is 11.0 Å². The van der Waals surface area contributed by atoms with Crippen LogP contribution in [0.3, 0.4) is 0 Å². The third-order valence-electron chi connectivity index (χ3n) is 2.50. The number of carbonyl (C=O) groups excluding carboxylic acids is 1. The van der Waals surface area contributed by atoms with Crippen molar-refractivity contribution in [2.75, 3.05) is 6.54 Å². The molecule has 0 aliphatic carbocycles. The smallest absolute Gasteiger partial charge is 0.211 e. The number of hydrogen-bond acceptors (Lipinski definition) is 5. The molecule has 0 radical (unpaired) electrons. The lowest BCUT2D eigenvalue weighted by atomic mass is 10.3. The average molecular weight is 337 g/mol. The van der Waals surface area contributed by atoms with E-state index in [-0.39, 0.29) is 4.21 Å². The summed E-state index contributed by atoms with van der Waals surface area (Å²) < 4.78 is 26.7. The van der Waals surface area contributed by atoms with Crippen LogP contribution in [0.15, 0.2) is 25.1 Å². The Balaban J connectivity index is 2.39. The van der Waals surface area contributed by atoms with Crippen LogP contribution in [0.1, 0.15) is 12.8 Å². The van der Waals surface area contributed by atoms with E-state index in [1.807, 2.05) is 0 Å². The minimum atomic E-state index is -3.57. The molecule has 0 bridgehead atoms.